The number of rotatable bonds is 5. The maximum Gasteiger partial charge on any atom is 0.254 e. The standard InChI is InChI=1S/C14H17BrINO/c15-9-2-10-17(13-3-1-4-13)14(18)11-5-7-12(16)8-6-11/h5-8,13H,1-4,9-10H2. The Morgan fingerprint density at radius 1 is 1.33 bits per heavy atom. The molecule has 0 aliphatic heterocycles. The average Bonchev–Trinajstić information content (AvgIpc) is 2.32. The van der Waals surface area contributed by atoms with Crippen molar-refractivity contribution in [2.75, 3.05) is 11.9 Å². The quantitative estimate of drug-likeness (QED) is 0.518. The molecule has 0 aromatic heterocycles. The van der Waals surface area contributed by atoms with Gasteiger partial charge >= 0.3 is 0 Å². The molecule has 1 saturated carbocycles. The number of halogens is 2. The van der Waals surface area contributed by atoms with Crippen LogP contribution in [0.1, 0.15) is 36.0 Å². The summed E-state index contributed by atoms with van der Waals surface area (Å²) in [6.45, 7) is 0.862. The van der Waals surface area contributed by atoms with E-state index < -0.39 is 0 Å². The lowest BCUT2D eigenvalue weighted by molar-refractivity contribution is 0.0581. The van der Waals surface area contributed by atoms with E-state index in [4.69, 9.17) is 0 Å². The van der Waals surface area contributed by atoms with Gasteiger partial charge in [-0.2, -0.15) is 0 Å². The van der Waals surface area contributed by atoms with E-state index in [2.05, 4.69) is 43.4 Å². The fourth-order valence-electron chi connectivity index (χ4n) is 2.14. The van der Waals surface area contributed by atoms with E-state index in [1.807, 2.05) is 24.3 Å². The van der Waals surface area contributed by atoms with Crippen molar-refractivity contribution >= 4 is 44.4 Å². The Hall–Kier alpha value is -0.100. The normalized spacial score (nSPS) is 15.2. The summed E-state index contributed by atoms with van der Waals surface area (Å²) in [7, 11) is 0. The van der Waals surface area contributed by atoms with Gasteiger partial charge in [-0.25, -0.2) is 0 Å². The fourth-order valence-corrected chi connectivity index (χ4v) is 2.75. The summed E-state index contributed by atoms with van der Waals surface area (Å²) in [5, 5.41) is 0.955. The Morgan fingerprint density at radius 2 is 2.00 bits per heavy atom. The van der Waals surface area contributed by atoms with E-state index in [0.29, 0.717) is 6.04 Å². The van der Waals surface area contributed by atoms with Crippen molar-refractivity contribution < 1.29 is 4.79 Å². The van der Waals surface area contributed by atoms with Gasteiger partial charge in [-0.3, -0.25) is 4.79 Å². The molecule has 1 aliphatic carbocycles. The van der Waals surface area contributed by atoms with Crippen LogP contribution in [0.5, 0.6) is 0 Å². The van der Waals surface area contributed by atoms with Crippen molar-refractivity contribution in [1.82, 2.24) is 4.90 Å². The van der Waals surface area contributed by atoms with Crippen LogP contribution in [0, 0.1) is 3.57 Å². The lowest BCUT2D eigenvalue weighted by Gasteiger charge is -2.37. The Morgan fingerprint density at radius 3 is 2.50 bits per heavy atom. The molecule has 2 nitrogen and oxygen atoms in total. The van der Waals surface area contributed by atoms with Crippen molar-refractivity contribution in [2.24, 2.45) is 0 Å². The number of benzene rings is 1. The molecule has 18 heavy (non-hydrogen) atoms. The second-order valence-corrected chi connectivity index (χ2v) is 6.67. The van der Waals surface area contributed by atoms with E-state index in [-0.39, 0.29) is 5.91 Å². The highest BCUT2D eigenvalue weighted by atomic mass is 127. The molecule has 1 aromatic rings. The van der Waals surface area contributed by atoms with Gasteiger partial charge in [0.2, 0.25) is 0 Å². The Labute approximate surface area is 130 Å². The van der Waals surface area contributed by atoms with Crippen LogP contribution in [0.2, 0.25) is 0 Å². The molecular weight excluding hydrogens is 405 g/mol. The van der Waals surface area contributed by atoms with Crippen molar-refractivity contribution in [3.8, 4) is 0 Å². The van der Waals surface area contributed by atoms with Crippen LogP contribution in [0.25, 0.3) is 0 Å². The van der Waals surface area contributed by atoms with Crippen LogP contribution in [-0.2, 0) is 0 Å². The largest absolute Gasteiger partial charge is 0.336 e. The van der Waals surface area contributed by atoms with Gasteiger partial charge in [0.15, 0.2) is 0 Å². The number of nitrogens with zero attached hydrogens (tertiary/aromatic N) is 1. The molecule has 4 heteroatoms. The third-order valence-corrected chi connectivity index (χ3v) is 4.68. The highest BCUT2D eigenvalue weighted by molar-refractivity contribution is 14.1. The van der Waals surface area contributed by atoms with Crippen LogP contribution in [0.15, 0.2) is 24.3 Å². The predicted molar refractivity (Wildman–Crippen MR) is 86.2 cm³/mol. The molecule has 0 heterocycles. The van der Waals surface area contributed by atoms with Gasteiger partial charge in [-0.1, -0.05) is 15.9 Å². The Balaban J connectivity index is 2.08. The van der Waals surface area contributed by atoms with Gasteiger partial charge in [0, 0.05) is 27.1 Å². The third kappa shape index (κ3) is 3.47. The number of amides is 1. The first kappa shape index (κ1) is 14.3. The van der Waals surface area contributed by atoms with E-state index >= 15 is 0 Å². The molecule has 0 spiro atoms. The van der Waals surface area contributed by atoms with Crippen molar-refractivity contribution in [3.05, 3.63) is 33.4 Å². The Kier molecular flexibility index (Phi) is 5.48. The zero-order valence-corrected chi connectivity index (χ0v) is 14.0. The van der Waals surface area contributed by atoms with Crippen LogP contribution in [-0.4, -0.2) is 28.7 Å². The van der Waals surface area contributed by atoms with Crippen LogP contribution >= 0.6 is 38.5 Å². The van der Waals surface area contributed by atoms with E-state index in [0.717, 1.165) is 23.9 Å². The van der Waals surface area contributed by atoms with Gasteiger partial charge in [0.1, 0.15) is 0 Å². The lowest BCUT2D eigenvalue weighted by atomic mass is 9.91. The first-order chi connectivity index (χ1) is 8.72. The maximum atomic E-state index is 12.5. The average molecular weight is 422 g/mol. The number of hydrogen-bond acceptors (Lipinski definition) is 1. The van der Waals surface area contributed by atoms with Gasteiger partial charge in [-0.15, -0.1) is 0 Å². The molecule has 0 bridgehead atoms. The summed E-state index contributed by atoms with van der Waals surface area (Å²) in [4.78, 5) is 14.6. The molecule has 98 valence electrons. The zero-order valence-electron chi connectivity index (χ0n) is 10.2. The topological polar surface area (TPSA) is 20.3 Å². The van der Waals surface area contributed by atoms with Crippen molar-refractivity contribution in [1.29, 1.82) is 0 Å². The number of alkyl halides is 1. The Bertz CT molecular complexity index is 403. The smallest absolute Gasteiger partial charge is 0.254 e. The molecule has 0 unspecified atom stereocenters. The minimum Gasteiger partial charge on any atom is -0.336 e. The highest BCUT2D eigenvalue weighted by Gasteiger charge is 2.28. The molecule has 2 rings (SSSR count). The zero-order chi connectivity index (χ0) is 13.0. The maximum absolute atomic E-state index is 12.5. The van der Waals surface area contributed by atoms with Gasteiger partial charge < -0.3 is 4.90 Å². The summed E-state index contributed by atoms with van der Waals surface area (Å²) in [6, 6.07) is 8.33. The molecule has 1 amide bonds. The number of carbonyl (C=O) groups excluding carboxylic acids is 1. The first-order valence-electron chi connectivity index (χ1n) is 6.35. The van der Waals surface area contributed by atoms with Gasteiger partial charge in [0.25, 0.3) is 5.91 Å². The van der Waals surface area contributed by atoms with Crippen LogP contribution < -0.4 is 0 Å². The van der Waals surface area contributed by atoms with E-state index in [1.165, 1.54) is 22.8 Å². The third-order valence-electron chi connectivity index (χ3n) is 3.40. The first-order valence-corrected chi connectivity index (χ1v) is 8.55. The second kappa shape index (κ2) is 6.89. The van der Waals surface area contributed by atoms with E-state index in [1.54, 1.807) is 0 Å². The predicted octanol–water partition coefficient (Wildman–Crippen LogP) is 4.07. The second-order valence-electron chi connectivity index (χ2n) is 4.63. The molecule has 0 N–H and O–H groups in total. The number of carbonyl (C=O) groups is 1. The molecule has 1 fully saturated rings. The summed E-state index contributed by atoms with van der Waals surface area (Å²) in [6.07, 6.45) is 4.61. The summed E-state index contributed by atoms with van der Waals surface area (Å²) in [5.41, 5.74) is 0.817. The SMILES string of the molecule is O=C(c1ccc(I)cc1)N(CCCBr)C1CCC1. The molecule has 1 aliphatic rings. The summed E-state index contributed by atoms with van der Waals surface area (Å²) < 4.78 is 1.17. The summed E-state index contributed by atoms with van der Waals surface area (Å²) in [5.74, 6) is 0.192. The number of hydrogen-bond donors (Lipinski definition) is 0. The van der Waals surface area contributed by atoms with E-state index in [9.17, 15) is 4.79 Å². The van der Waals surface area contributed by atoms with Crippen molar-refractivity contribution in [3.63, 3.8) is 0 Å². The fraction of sp³-hybridized carbons (Fsp3) is 0.500. The minimum absolute atomic E-state index is 0.192. The van der Waals surface area contributed by atoms with Crippen LogP contribution in [0.4, 0.5) is 0 Å². The molecular formula is C14H17BrINO. The lowest BCUT2D eigenvalue weighted by Crippen LogP contribution is -2.44. The minimum atomic E-state index is 0.192. The van der Waals surface area contributed by atoms with Crippen molar-refractivity contribution in [2.45, 2.75) is 31.7 Å². The molecule has 1 aromatic carbocycles. The molecule has 0 atom stereocenters. The monoisotopic (exact) mass is 421 g/mol. The van der Waals surface area contributed by atoms with Crippen LogP contribution in [0.3, 0.4) is 0 Å². The van der Waals surface area contributed by atoms with Gasteiger partial charge in [0.05, 0.1) is 0 Å². The summed E-state index contributed by atoms with van der Waals surface area (Å²) >= 11 is 5.70. The highest BCUT2D eigenvalue weighted by Crippen LogP contribution is 2.26. The van der Waals surface area contributed by atoms with Gasteiger partial charge in [-0.05, 0) is 72.5 Å². The molecule has 0 radical (unpaired) electrons. The molecule has 0 saturated heterocycles.